The van der Waals surface area contributed by atoms with Crippen molar-refractivity contribution in [2.75, 3.05) is 6.54 Å². The summed E-state index contributed by atoms with van der Waals surface area (Å²) in [6.45, 7) is 5.17. The predicted octanol–water partition coefficient (Wildman–Crippen LogP) is 0.405. The van der Waals surface area contributed by atoms with Crippen molar-refractivity contribution in [3.05, 3.63) is 11.9 Å². The van der Waals surface area contributed by atoms with Crippen molar-refractivity contribution in [1.82, 2.24) is 10.4 Å². The van der Waals surface area contributed by atoms with E-state index in [4.69, 9.17) is 5.73 Å². The van der Waals surface area contributed by atoms with Gasteiger partial charge in [0.05, 0.1) is 0 Å². The lowest BCUT2D eigenvalue weighted by Gasteiger charge is -2.25. The molecular formula is C7H15N3. The molecule has 0 spiro atoms. The molecule has 1 rings (SSSR count). The number of hydrogen-bond donors (Lipinski definition) is 2. The van der Waals surface area contributed by atoms with Crippen LogP contribution in [-0.2, 0) is 0 Å². The minimum absolute atomic E-state index is 0.499. The zero-order chi connectivity index (χ0) is 7.56. The lowest BCUT2D eigenvalue weighted by atomic mass is 10.2. The van der Waals surface area contributed by atoms with Crippen molar-refractivity contribution < 1.29 is 0 Å². The molecule has 1 aliphatic rings. The molecule has 10 heavy (non-hydrogen) atoms. The van der Waals surface area contributed by atoms with Crippen LogP contribution in [-0.4, -0.2) is 17.6 Å². The standard InChI is InChI=1S/C7H15N3/c1-3-6(2)10-7(8)4-5-9-10/h4,6,9H,3,5,8H2,1-2H3/t6-/m1/s1. The number of nitrogens with one attached hydrogen (secondary N) is 1. The van der Waals surface area contributed by atoms with Crippen molar-refractivity contribution in [3.8, 4) is 0 Å². The molecule has 0 aromatic heterocycles. The molecule has 0 aromatic carbocycles. The van der Waals surface area contributed by atoms with Gasteiger partial charge in [0.1, 0.15) is 5.82 Å². The van der Waals surface area contributed by atoms with Crippen LogP contribution in [0.25, 0.3) is 0 Å². The molecular weight excluding hydrogens is 126 g/mol. The summed E-state index contributed by atoms with van der Waals surface area (Å²) in [7, 11) is 0. The monoisotopic (exact) mass is 141 g/mol. The molecule has 0 bridgehead atoms. The highest BCUT2D eigenvalue weighted by molar-refractivity contribution is 5.02. The third-order valence-corrected chi connectivity index (χ3v) is 1.88. The molecule has 3 nitrogen and oxygen atoms in total. The maximum absolute atomic E-state index is 5.68. The second-order valence-corrected chi connectivity index (χ2v) is 2.62. The van der Waals surface area contributed by atoms with Gasteiger partial charge >= 0.3 is 0 Å². The van der Waals surface area contributed by atoms with Gasteiger partial charge < -0.3 is 5.73 Å². The van der Waals surface area contributed by atoms with E-state index in [1.165, 1.54) is 0 Å². The third kappa shape index (κ3) is 1.24. The van der Waals surface area contributed by atoms with E-state index in [1.807, 2.05) is 11.1 Å². The minimum Gasteiger partial charge on any atom is -0.385 e. The van der Waals surface area contributed by atoms with Crippen LogP contribution in [0, 0.1) is 0 Å². The molecule has 0 fully saturated rings. The molecule has 0 aliphatic carbocycles. The number of hydrazine groups is 1. The number of rotatable bonds is 2. The van der Waals surface area contributed by atoms with Crippen LogP contribution < -0.4 is 11.2 Å². The zero-order valence-electron chi connectivity index (χ0n) is 6.59. The van der Waals surface area contributed by atoms with Crippen molar-refractivity contribution in [2.24, 2.45) is 5.73 Å². The van der Waals surface area contributed by atoms with Gasteiger partial charge in [-0.3, -0.25) is 5.01 Å². The fourth-order valence-electron chi connectivity index (χ4n) is 1.03. The van der Waals surface area contributed by atoms with Gasteiger partial charge in [-0.2, -0.15) is 0 Å². The van der Waals surface area contributed by atoms with E-state index < -0.39 is 0 Å². The average molecular weight is 141 g/mol. The number of hydrogen-bond acceptors (Lipinski definition) is 3. The Morgan fingerprint density at radius 1 is 1.90 bits per heavy atom. The number of nitrogens with two attached hydrogens (primary N) is 1. The maximum atomic E-state index is 5.68. The summed E-state index contributed by atoms with van der Waals surface area (Å²) in [5, 5.41) is 2.01. The van der Waals surface area contributed by atoms with Crippen LogP contribution in [0.3, 0.4) is 0 Å². The van der Waals surface area contributed by atoms with Gasteiger partial charge in [-0.25, -0.2) is 5.43 Å². The normalized spacial score (nSPS) is 21.0. The predicted molar refractivity (Wildman–Crippen MR) is 41.9 cm³/mol. The molecule has 1 atom stereocenters. The summed E-state index contributed by atoms with van der Waals surface area (Å²) in [4.78, 5) is 0. The van der Waals surface area contributed by atoms with Crippen molar-refractivity contribution in [2.45, 2.75) is 26.3 Å². The summed E-state index contributed by atoms with van der Waals surface area (Å²) in [5.41, 5.74) is 8.85. The van der Waals surface area contributed by atoms with E-state index in [0.717, 1.165) is 18.8 Å². The molecule has 0 saturated heterocycles. The minimum atomic E-state index is 0.499. The molecule has 3 N–H and O–H groups in total. The molecule has 1 heterocycles. The Balaban J connectivity index is 2.49. The van der Waals surface area contributed by atoms with Gasteiger partial charge in [0.15, 0.2) is 0 Å². The van der Waals surface area contributed by atoms with Crippen LogP contribution >= 0.6 is 0 Å². The van der Waals surface area contributed by atoms with Gasteiger partial charge in [-0.1, -0.05) is 6.92 Å². The van der Waals surface area contributed by atoms with Crippen LogP contribution in [0.1, 0.15) is 20.3 Å². The largest absolute Gasteiger partial charge is 0.385 e. The van der Waals surface area contributed by atoms with E-state index >= 15 is 0 Å². The third-order valence-electron chi connectivity index (χ3n) is 1.88. The molecule has 0 amide bonds. The summed E-state index contributed by atoms with van der Waals surface area (Å²) in [6, 6.07) is 0.499. The van der Waals surface area contributed by atoms with Gasteiger partial charge in [0.25, 0.3) is 0 Å². The first-order valence-corrected chi connectivity index (χ1v) is 3.74. The molecule has 0 unspecified atom stereocenters. The SMILES string of the molecule is CC[C@@H](C)N1NCC=C1N. The summed E-state index contributed by atoms with van der Waals surface area (Å²) < 4.78 is 0. The smallest absolute Gasteiger partial charge is 0.111 e. The molecule has 0 saturated carbocycles. The first-order valence-electron chi connectivity index (χ1n) is 3.74. The maximum Gasteiger partial charge on any atom is 0.111 e. The summed E-state index contributed by atoms with van der Waals surface area (Å²) in [5.74, 6) is 0.856. The van der Waals surface area contributed by atoms with E-state index in [-0.39, 0.29) is 0 Å². The van der Waals surface area contributed by atoms with Crippen LogP contribution in [0.5, 0.6) is 0 Å². The Hall–Kier alpha value is -0.700. The first kappa shape index (κ1) is 7.41. The Morgan fingerprint density at radius 2 is 2.60 bits per heavy atom. The van der Waals surface area contributed by atoms with Crippen molar-refractivity contribution >= 4 is 0 Å². The van der Waals surface area contributed by atoms with E-state index in [0.29, 0.717) is 6.04 Å². The van der Waals surface area contributed by atoms with E-state index in [9.17, 15) is 0 Å². The van der Waals surface area contributed by atoms with E-state index in [1.54, 1.807) is 0 Å². The second-order valence-electron chi connectivity index (χ2n) is 2.62. The highest BCUT2D eigenvalue weighted by Crippen LogP contribution is 2.07. The van der Waals surface area contributed by atoms with Gasteiger partial charge in [0.2, 0.25) is 0 Å². The Morgan fingerprint density at radius 3 is 3.00 bits per heavy atom. The van der Waals surface area contributed by atoms with E-state index in [2.05, 4.69) is 19.3 Å². The summed E-state index contributed by atoms with van der Waals surface area (Å²) >= 11 is 0. The van der Waals surface area contributed by atoms with Crippen LogP contribution in [0.15, 0.2) is 11.9 Å². The highest BCUT2D eigenvalue weighted by atomic mass is 15.6. The highest BCUT2D eigenvalue weighted by Gasteiger charge is 2.15. The fraction of sp³-hybridized carbons (Fsp3) is 0.714. The Bertz CT molecular complexity index is 142. The fourth-order valence-corrected chi connectivity index (χ4v) is 1.03. The quantitative estimate of drug-likeness (QED) is 0.585. The van der Waals surface area contributed by atoms with Gasteiger partial charge in [-0.15, -0.1) is 0 Å². The zero-order valence-corrected chi connectivity index (χ0v) is 6.59. The number of nitrogens with zero attached hydrogens (tertiary/aromatic N) is 1. The Kier molecular flexibility index (Phi) is 2.17. The molecule has 0 aromatic rings. The first-order chi connectivity index (χ1) is 4.75. The molecule has 1 aliphatic heterocycles. The van der Waals surface area contributed by atoms with Crippen LogP contribution in [0.2, 0.25) is 0 Å². The van der Waals surface area contributed by atoms with Crippen molar-refractivity contribution in [3.63, 3.8) is 0 Å². The average Bonchev–Trinajstić information content (AvgIpc) is 2.34. The van der Waals surface area contributed by atoms with Gasteiger partial charge in [0, 0.05) is 12.6 Å². The topological polar surface area (TPSA) is 41.3 Å². The molecule has 58 valence electrons. The summed E-state index contributed by atoms with van der Waals surface area (Å²) in [6.07, 6.45) is 3.10. The molecule has 3 heteroatoms. The molecule has 0 radical (unpaired) electrons. The van der Waals surface area contributed by atoms with Crippen molar-refractivity contribution in [1.29, 1.82) is 0 Å². The van der Waals surface area contributed by atoms with Gasteiger partial charge in [-0.05, 0) is 19.4 Å². The lowest BCUT2D eigenvalue weighted by molar-refractivity contribution is 0.207. The Labute approximate surface area is 61.9 Å². The lowest BCUT2D eigenvalue weighted by Crippen LogP contribution is -2.41. The second kappa shape index (κ2) is 2.92. The van der Waals surface area contributed by atoms with Crippen LogP contribution in [0.4, 0.5) is 0 Å².